The molecule has 2 aliphatic heterocycles. The topological polar surface area (TPSA) is 60.3 Å². The van der Waals surface area contributed by atoms with Gasteiger partial charge in [0, 0.05) is 18.4 Å². The maximum atomic E-state index is 12.9. The Morgan fingerprint density at radius 1 is 1.04 bits per heavy atom. The van der Waals surface area contributed by atoms with Crippen molar-refractivity contribution in [3.05, 3.63) is 59.2 Å². The summed E-state index contributed by atoms with van der Waals surface area (Å²) in [6.07, 6.45) is 1.14. The Hall–Kier alpha value is -2.86. The van der Waals surface area contributed by atoms with Crippen LogP contribution in [0.2, 0.25) is 0 Å². The van der Waals surface area contributed by atoms with Gasteiger partial charge in [-0.1, -0.05) is 30.3 Å². The Balaban J connectivity index is 1.48. The molecule has 6 nitrogen and oxygen atoms in total. The number of nitrogens with zero attached hydrogens (tertiary/aromatic N) is 1. The third-order valence-corrected chi connectivity index (χ3v) is 5.72. The maximum absolute atomic E-state index is 12.9. The SMILES string of the molecule is COc1cc2c(cc1OC)C[NH+](CN1C(=O)C[C@@H](c3ccccc3)C1=O)CC2. The van der Waals surface area contributed by atoms with Gasteiger partial charge in [0.05, 0.1) is 26.7 Å². The fourth-order valence-electron chi connectivity index (χ4n) is 4.18. The molecule has 146 valence electrons. The predicted molar refractivity (Wildman–Crippen MR) is 103 cm³/mol. The van der Waals surface area contributed by atoms with E-state index in [1.807, 2.05) is 42.5 Å². The first-order chi connectivity index (χ1) is 13.6. The second kappa shape index (κ2) is 7.64. The molecule has 1 N–H and O–H groups in total. The van der Waals surface area contributed by atoms with Crippen molar-refractivity contribution in [1.82, 2.24) is 4.90 Å². The molecular formula is C22H25N2O4+. The monoisotopic (exact) mass is 381 g/mol. The summed E-state index contributed by atoms with van der Waals surface area (Å²) in [4.78, 5) is 28.0. The van der Waals surface area contributed by atoms with Crippen LogP contribution in [0.15, 0.2) is 42.5 Å². The Bertz CT molecular complexity index is 897. The van der Waals surface area contributed by atoms with Gasteiger partial charge in [0.2, 0.25) is 11.8 Å². The van der Waals surface area contributed by atoms with Crippen LogP contribution in [-0.2, 0) is 22.6 Å². The van der Waals surface area contributed by atoms with Crippen LogP contribution in [0.4, 0.5) is 0 Å². The largest absolute Gasteiger partial charge is 0.493 e. The van der Waals surface area contributed by atoms with Crippen molar-refractivity contribution in [2.24, 2.45) is 0 Å². The predicted octanol–water partition coefficient (Wildman–Crippen LogP) is 1.14. The van der Waals surface area contributed by atoms with Gasteiger partial charge in [0.25, 0.3) is 0 Å². The highest BCUT2D eigenvalue weighted by Gasteiger charge is 2.41. The lowest BCUT2D eigenvalue weighted by atomic mass is 9.98. The summed E-state index contributed by atoms with van der Waals surface area (Å²) >= 11 is 0. The quantitative estimate of drug-likeness (QED) is 0.790. The van der Waals surface area contributed by atoms with Gasteiger partial charge in [0.1, 0.15) is 6.54 Å². The van der Waals surface area contributed by atoms with E-state index in [2.05, 4.69) is 0 Å². The fourth-order valence-corrected chi connectivity index (χ4v) is 4.18. The van der Waals surface area contributed by atoms with Crippen LogP contribution < -0.4 is 14.4 Å². The van der Waals surface area contributed by atoms with E-state index in [4.69, 9.17) is 9.47 Å². The molecule has 0 aromatic heterocycles. The van der Waals surface area contributed by atoms with Crippen LogP contribution in [0.5, 0.6) is 11.5 Å². The lowest BCUT2D eigenvalue weighted by molar-refractivity contribution is -0.923. The van der Waals surface area contributed by atoms with E-state index in [0.29, 0.717) is 12.4 Å². The summed E-state index contributed by atoms with van der Waals surface area (Å²) in [5.74, 6) is 0.932. The van der Waals surface area contributed by atoms with Gasteiger partial charge in [0.15, 0.2) is 18.2 Å². The molecule has 2 heterocycles. The molecule has 0 aliphatic carbocycles. The van der Waals surface area contributed by atoms with Gasteiger partial charge in [-0.2, -0.15) is 0 Å². The number of fused-ring (bicyclic) bond motifs is 1. The molecule has 4 rings (SSSR count). The number of rotatable bonds is 5. The molecule has 2 aliphatic rings. The summed E-state index contributed by atoms with van der Waals surface area (Å²) in [6, 6.07) is 13.6. The molecule has 6 heteroatoms. The van der Waals surface area contributed by atoms with E-state index >= 15 is 0 Å². The van der Waals surface area contributed by atoms with Crippen molar-refractivity contribution in [2.75, 3.05) is 27.4 Å². The highest BCUT2D eigenvalue weighted by Crippen LogP contribution is 2.32. The number of benzene rings is 2. The summed E-state index contributed by atoms with van der Waals surface area (Å²) < 4.78 is 10.8. The normalized spacial score (nSPS) is 21.6. The highest BCUT2D eigenvalue weighted by atomic mass is 16.5. The minimum atomic E-state index is -0.352. The number of carbonyl (C=O) groups excluding carboxylic acids is 2. The first kappa shape index (κ1) is 18.5. The molecular weight excluding hydrogens is 356 g/mol. The second-order valence-corrected chi connectivity index (χ2v) is 7.39. The van der Waals surface area contributed by atoms with Crippen molar-refractivity contribution >= 4 is 11.8 Å². The summed E-state index contributed by atoms with van der Waals surface area (Å²) in [5.41, 5.74) is 3.33. The fraction of sp³-hybridized carbons (Fsp3) is 0.364. The average molecular weight is 381 g/mol. The average Bonchev–Trinajstić information content (AvgIpc) is 3.01. The number of quaternary nitrogens is 1. The highest BCUT2D eigenvalue weighted by molar-refractivity contribution is 6.06. The Morgan fingerprint density at radius 3 is 2.39 bits per heavy atom. The number of hydrogen-bond donors (Lipinski definition) is 1. The van der Waals surface area contributed by atoms with E-state index in [1.54, 1.807) is 14.2 Å². The standard InChI is InChI=1S/C22H24N2O4/c1-27-19-10-16-8-9-23(13-17(16)11-20(19)28-2)14-24-21(25)12-18(22(24)26)15-6-4-3-5-7-15/h3-7,10-11,18H,8-9,12-14H2,1-2H3/p+1/t18-/m0/s1. The van der Waals surface area contributed by atoms with Crippen LogP contribution in [-0.4, -0.2) is 44.1 Å². The molecule has 1 unspecified atom stereocenters. The molecule has 0 spiro atoms. The van der Waals surface area contributed by atoms with Gasteiger partial charge >= 0.3 is 0 Å². The van der Waals surface area contributed by atoms with Crippen LogP contribution >= 0.6 is 0 Å². The number of methoxy groups -OCH3 is 2. The summed E-state index contributed by atoms with van der Waals surface area (Å²) in [6.45, 7) is 2.03. The molecule has 2 aromatic rings. The molecule has 28 heavy (non-hydrogen) atoms. The summed E-state index contributed by atoms with van der Waals surface area (Å²) in [7, 11) is 3.27. The van der Waals surface area contributed by atoms with Crippen LogP contribution in [0, 0.1) is 0 Å². The third kappa shape index (κ3) is 3.36. The number of amides is 2. The molecule has 1 saturated heterocycles. The number of likely N-dealkylation sites (tertiary alicyclic amines) is 1. The first-order valence-electron chi connectivity index (χ1n) is 9.57. The second-order valence-electron chi connectivity index (χ2n) is 7.39. The van der Waals surface area contributed by atoms with Crippen LogP contribution in [0.1, 0.15) is 29.0 Å². The minimum Gasteiger partial charge on any atom is -0.493 e. The van der Waals surface area contributed by atoms with E-state index in [-0.39, 0.29) is 24.2 Å². The van der Waals surface area contributed by atoms with Crippen molar-refractivity contribution in [1.29, 1.82) is 0 Å². The van der Waals surface area contributed by atoms with E-state index in [1.165, 1.54) is 20.9 Å². The molecule has 2 amide bonds. The van der Waals surface area contributed by atoms with Crippen LogP contribution in [0.3, 0.4) is 0 Å². The van der Waals surface area contributed by atoms with Gasteiger partial charge < -0.3 is 14.4 Å². The van der Waals surface area contributed by atoms with E-state index < -0.39 is 0 Å². The molecule has 2 atom stereocenters. The zero-order chi connectivity index (χ0) is 19.7. The lowest BCUT2D eigenvalue weighted by Crippen LogP contribution is -3.13. The lowest BCUT2D eigenvalue weighted by Gasteiger charge is -2.29. The smallest absolute Gasteiger partial charge is 0.241 e. The van der Waals surface area contributed by atoms with Crippen molar-refractivity contribution in [3.63, 3.8) is 0 Å². The molecule has 2 aromatic carbocycles. The van der Waals surface area contributed by atoms with Gasteiger partial charge in [-0.05, 0) is 23.3 Å². The summed E-state index contributed by atoms with van der Waals surface area (Å²) in [5, 5.41) is 0. The Kier molecular flexibility index (Phi) is 5.05. The first-order valence-corrected chi connectivity index (χ1v) is 9.57. The molecule has 0 bridgehead atoms. The van der Waals surface area contributed by atoms with Crippen molar-refractivity contribution in [3.8, 4) is 11.5 Å². The molecule has 0 saturated carbocycles. The number of hydrogen-bond acceptors (Lipinski definition) is 4. The Labute approximate surface area is 164 Å². The van der Waals surface area contributed by atoms with Crippen molar-refractivity contribution in [2.45, 2.75) is 25.3 Å². The minimum absolute atomic E-state index is 0.0792. The Morgan fingerprint density at radius 2 is 1.71 bits per heavy atom. The zero-order valence-electron chi connectivity index (χ0n) is 16.2. The molecule has 0 radical (unpaired) electrons. The third-order valence-electron chi connectivity index (χ3n) is 5.72. The van der Waals surface area contributed by atoms with E-state index in [9.17, 15) is 9.59 Å². The van der Waals surface area contributed by atoms with Gasteiger partial charge in [-0.3, -0.25) is 9.59 Å². The molecule has 1 fully saturated rings. The van der Waals surface area contributed by atoms with Gasteiger partial charge in [-0.25, -0.2) is 4.90 Å². The number of imide groups is 1. The maximum Gasteiger partial charge on any atom is 0.241 e. The number of nitrogens with one attached hydrogen (secondary N) is 1. The van der Waals surface area contributed by atoms with Crippen molar-refractivity contribution < 1.29 is 24.0 Å². The van der Waals surface area contributed by atoms with E-state index in [0.717, 1.165) is 30.8 Å². The van der Waals surface area contributed by atoms with Crippen LogP contribution in [0.25, 0.3) is 0 Å². The number of carbonyl (C=O) groups is 2. The van der Waals surface area contributed by atoms with Gasteiger partial charge in [-0.15, -0.1) is 0 Å². The zero-order valence-corrected chi connectivity index (χ0v) is 16.2. The number of ether oxygens (including phenoxy) is 2.